The van der Waals surface area contributed by atoms with E-state index in [1.165, 1.54) is 43.1 Å². The normalized spacial score (nSPS) is 17.8. The first kappa shape index (κ1) is 11.3. The van der Waals surface area contributed by atoms with Gasteiger partial charge in [0.15, 0.2) is 0 Å². The summed E-state index contributed by atoms with van der Waals surface area (Å²) in [4.78, 5) is 4.51. The SMILES string of the molecule is Cn1cc(C2CCCCC2)c2cc(Br)cnc21. The highest BCUT2D eigenvalue weighted by Gasteiger charge is 2.20. The molecule has 17 heavy (non-hydrogen) atoms. The number of nitrogens with zero attached hydrogens (tertiary/aromatic N) is 2. The summed E-state index contributed by atoms with van der Waals surface area (Å²) < 4.78 is 3.24. The second-order valence-electron chi connectivity index (χ2n) is 5.05. The highest BCUT2D eigenvalue weighted by atomic mass is 79.9. The van der Waals surface area contributed by atoms with Crippen molar-refractivity contribution in [3.8, 4) is 0 Å². The molecule has 2 nitrogen and oxygen atoms in total. The van der Waals surface area contributed by atoms with Crippen LogP contribution >= 0.6 is 15.9 Å². The third kappa shape index (κ3) is 2.01. The lowest BCUT2D eigenvalue weighted by Crippen LogP contribution is -2.03. The van der Waals surface area contributed by atoms with Crippen molar-refractivity contribution in [3.05, 3.63) is 28.5 Å². The van der Waals surface area contributed by atoms with E-state index in [0.29, 0.717) is 0 Å². The van der Waals surface area contributed by atoms with Gasteiger partial charge >= 0.3 is 0 Å². The van der Waals surface area contributed by atoms with E-state index >= 15 is 0 Å². The fourth-order valence-electron chi connectivity index (χ4n) is 3.00. The van der Waals surface area contributed by atoms with Crippen LogP contribution in [0.3, 0.4) is 0 Å². The van der Waals surface area contributed by atoms with Crippen molar-refractivity contribution in [3.63, 3.8) is 0 Å². The molecule has 1 fully saturated rings. The molecule has 0 N–H and O–H groups in total. The van der Waals surface area contributed by atoms with Gasteiger partial charge in [0, 0.05) is 29.3 Å². The third-order valence-corrected chi connectivity index (χ3v) is 4.29. The molecule has 1 aliphatic carbocycles. The maximum atomic E-state index is 4.51. The zero-order chi connectivity index (χ0) is 11.8. The zero-order valence-electron chi connectivity index (χ0n) is 10.1. The summed E-state index contributed by atoms with van der Waals surface area (Å²) >= 11 is 3.53. The van der Waals surface area contributed by atoms with E-state index in [2.05, 4.69) is 44.8 Å². The van der Waals surface area contributed by atoms with E-state index in [9.17, 15) is 0 Å². The lowest BCUT2D eigenvalue weighted by Gasteiger charge is -2.21. The number of fused-ring (bicyclic) bond motifs is 1. The predicted molar refractivity (Wildman–Crippen MR) is 74.2 cm³/mol. The van der Waals surface area contributed by atoms with Crippen LogP contribution in [-0.2, 0) is 7.05 Å². The first-order chi connectivity index (χ1) is 8.25. The standard InChI is InChI=1S/C14H17BrN2/c1-17-9-13(10-5-3-2-4-6-10)12-7-11(15)8-16-14(12)17/h7-10H,2-6H2,1H3. The van der Waals surface area contributed by atoms with Crippen LogP contribution in [-0.4, -0.2) is 9.55 Å². The Hall–Kier alpha value is -0.830. The molecule has 0 saturated heterocycles. The summed E-state index contributed by atoms with van der Waals surface area (Å²) in [5.74, 6) is 0.739. The Bertz CT molecular complexity index is 538. The minimum absolute atomic E-state index is 0.739. The van der Waals surface area contributed by atoms with E-state index in [1.807, 2.05) is 6.20 Å². The van der Waals surface area contributed by atoms with Gasteiger partial charge in [-0.25, -0.2) is 4.98 Å². The number of halogens is 1. The van der Waals surface area contributed by atoms with Gasteiger partial charge < -0.3 is 4.57 Å². The smallest absolute Gasteiger partial charge is 0.139 e. The minimum atomic E-state index is 0.739. The molecule has 3 rings (SSSR count). The Morgan fingerprint density at radius 3 is 2.82 bits per heavy atom. The van der Waals surface area contributed by atoms with E-state index in [4.69, 9.17) is 0 Å². The van der Waals surface area contributed by atoms with Crippen molar-refractivity contribution in [2.75, 3.05) is 0 Å². The first-order valence-corrected chi connectivity index (χ1v) is 7.15. The molecule has 0 aromatic carbocycles. The van der Waals surface area contributed by atoms with Gasteiger partial charge in [0.05, 0.1) is 0 Å². The van der Waals surface area contributed by atoms with Crippen molar-refractivity contribution in [1.82, 2.24) is 9.55 Å². The Kier molecular flexibility index (Phi) is 2.95. The summed E-state index contributed by atoms with van der Waals surface area (Å²) in [6, 6.07) is 2.21. The Morgan fingerprint density at radius 2 is 2.06 bits per heavy atom. The zero-order valence-corrected chi connectivity index (χ0v) is 11.7. The van der Waals surface area contributed by atoms with Crippen molar-refractivity contribution in [2.45, 2.75) is 38.0 Å². The molecule has 0 atom stereocenters. The van der Waals surface area contributed by atoms with Crippen molar-refractivity contribution in [2.24, 2.45) is 7.05 Å². The predicted octanol–water partition coefficient (Wildman–Crippen LogP) is 4.38. The fraction of sp³-hybridized carbons (Fsp3) is 0.500. The molecular weight excluding hydrogens is 276 g/mol. The van der Waals surface area contributed by atoms with Crippen LogP contribution in [0, 0.1) is 0 Å². The maximum absolute atomic E-state index is 4.51. The average Bonchev–Trinajstić information content (AvgIpc) is 2.67. The summed E-state index contributed by atoms with van der Waals surface area (Å²) in [6.45, 7) is 0. The van der Waals surface area contributed by atoms with Crippen molar-refractivity contribution < 1.29 is 0 Å². The van der Waals surface area contributed by atoms with Gasteiger partial charge in [-0.15, -0.1) is 0 Å². The monoisotopic (exact) mass is 292 g/mol. The van der Waals surface area contributed by atoms with Crippen LogP contribution < -0.4 is 0 Å². The topological polar surface area (TPSA) is 17.8 Å². The van der Waals surface area contributed by atoms with Gasteiger partial charge in [-0.1, -0.05) is 19.3 Å². The van der Waals surface area contributed by atoms with Crippen LogP contribution in [0.4, 0.5) is 0 Å². The summed E-state index contributed by atoms with van der Waals surface area (Å²) in [5.41, 5.74) is 2.60. The van der Waals surface area contributed by atoms with Crippen LogP contribution in [0.25, 0.3) is 11.0 Å². The Balaban J connectivity index is 2.11. The van der Waals surface area contributed by atoms with Crippen LogP contribution in [0.1, 0.15) is 43.6 Å². The summed E-state index contributed by atoms with van der Waals surface area (Å²) in [6.07, 6.45) is 11.0. The van der Waals surface area contributed by atoms with Gasteiger partial charge in [0.1, 0.15) is 5.65 Å². The molecule has 0 unspecified atom stereocenters. The molecular formula is C14H17BrN2. The molecule has 2 aromatic heterocycles. The third-order valence-electron chi connectivity index (χ3n) is 3.86. The first-order valence-electron chi connectivity index (χ1n) is 6.36. The van der Waals surface area contributed by atoms with E-state index < -0.39 is 0 Å². The number of pyridine rings is 1. The largest absolute Gasteiger partial charge is 0.335 e. The number of aromatic nitrogens is 2. The second-order valence-corrected chi connectivity index (χ2v) is 5.97. The lowest BCUT2D eigenvalue weighted by atomic mass is 9.84. The molecule has 2 aromatic rings. The van der Waals surface area contributed by atoms with Crippen molar-refractivity contribution >= 4 is 27.0 Å². The highest BCUT2D eigenvalue weighted by Crippen LogP contribution is 2.37. The molecule has 3 heteroatoms. The highest BCUT2D eigenvalue weighted by molar-refractivity contribution is 9.10. The molecule has 0 radical (unpaired) electrons. The van der Waals surface area contributed by atoms with Gasteiger partial charge in [-0.05, 0) is 46.3 Å². The quantitative estimate of drug-likeness (QED) is 0.762. The van der Waals surface area contributed by atoms with Gasteiger partial charge in [0.25, 0.3) is 0 Å². The van der Waals surface area contributed by atoms with Crippen LogP contribution in [0.5, 0.6) is 0 Å². The Labute approximate surface area is 110 Å². The van der Waals surface area contributed by atoms with E-state index in [0.717, 1.165) is 16.0 Å². The number of aryl methyl sites for hydroxylation is 1. The number of hydrogen-bond acceptors (Lipinski definition) is 1. The molecule has 90 valence electrons. The fourth-order valence-corrected chi connectivity index (χ4v) is 3.34. The minimum Gasteiger partial charge on any atom is -0.335 e. The number of rotatable bonds is 1. The van der Waals surface area contributed by atoms with Crippen LogP contribution in [0.15, 0.2) is 22.9 Å². The molecule has 1 saturated carbocycles. The molecule has 0 bridgehead atoms. The lowest BCUT2D eigenvalue weighted by molar-refractivity contribution is 0.445. The molecule has 0 amide bonds. The average molecular weight is 293 g/mol. The van der Waals surface area contributed by atoms with Crippen molar-refractivity contribution in [1.29, 1.82) is 0 Å². The maximum Gasteiger partial charge on any atom is 0.139 e. The molecule has 0 spiro atoms. The summed E-state index contributed by atoms with van der Waals surface area (Å²) in [5, 5.41) is 1.33. The Morgan fingerprint density at radius 1 is 1.29 bits per heavy atom. The van der Waals surface area contributed by atoms with Gasteiger partial charge in [0.2, 0.25) is 0 Å². The van der Waals surface area contributed by atoms with Gasteiger partial charge in [-0.3, -0.25) is 0 Å². The molecule has 0 aliphatic heterocycles. The summed E-state index contributed by atoms with van der Waals surface area (Å²) in [7, 11) is 2.09. The second kappa shape index (κ2) is 4.45. The molecule has 2 heterocycles. The van der Waals surface area contributed by atoms with E-state index in [-0.39, 0.29) is 0 Å². The van der Waals surface area contributed by atoms with E-state index in [1.54, 1.807) is 0 Å². The van der Waals surface area contributed by atoms with Crippen LogP contribution in [0.2, 0.25) is 0 Å². The number of hydrogen-bond donors (Lipinski definition) is 0. The van der Waals surface area contributed by atoms with Gasteiger partial charge in [-0.2, -0.15) is 0 Å². The molecule has 1 aliphatic rings.